The molecule has 0 radical (unpaired) electrons. The molecule has 1 heterocycles. The molecule has 5 heteroatoms. The molecule has 0 N–H and O–H groups in total. The molecule has 1 aliphatic heterocycles. The summed E-state index contributed by atoms with van der Waals surface area (Å²) in [6.45, 7) is 2.75. The van der Waals surface area contributed by atoms with Crippen molar-refractivity contribution in [2.75, 3.05) is 13.2 Å². The van der Waals surface area contributed by atoms with Crippen molar-refractivity contribution in [3.63, 3.8) is 0 Å². The molecular formula is C12H14O5. The third-order valence-electron chi connectivity index (χ3n) is 1.77. The molecule has 0 atom stereocenters. The van der Waals surface area contributed by atoms with E-state index in [4.69, 9.17) is 14.2 Å². The lowest BCUT2D eigenvalue weighted by Gasteiger charge is -2.11. The van der Waals surface area contributed by atoms with Gasteiger partial charge in [-0.25, -0.2) is 0 Å². The second-order valence-corrected chi connectivity index (χ2v) is 3.31. The van der Waals surface area contributed by atoms with Crippen molar-refractivity contribution in [1.29, 1.82) is 0 Å². The molecule has 0 aromatic heterocycles. The number of rotatable bonds is 4. The summed E-state index contributed by atoms with van der Waals surface area (Å²) in [5.74, 6) is 0.196. The highest BCUT2D eigenvalue weighted by atomic mass is 16.6. The second-order valence-electron chi connectivity index (χ2n) is 3.31. The van der Waals surface area contributed by atoms with Gasteiger partial charge in [-0.05, 0) is 12.2 Å². The molecule has 5 nitrogen and oxygen atoms in total. The Hall–Kier alpha value is -2.04. The van der Waals surface area contributed by atoms with Gasteiger partial charge in [0.2, 0.25) is 0 Å². The molecule has 17 heavy (non-hydrogen) atoms. The third-order valence-corrected chi connectivity index (χ3v) is 1.77. The quantitative estimate of drug-likeness (QED) is 0.694. The van der Waals surface area contributed by atoms with Gasteiger partial charge >= 0.3 is 11.9 Å². The SMILES string of the molecule is CC(=O)OCC1=CC=CC=C(COC(C)=O)O1. The Bertz CT molecular complexity index is 354. The van der Waals surface area contributed by atoms with E-state index in [1.807, 2.05) is 0 Å². The van der Waals surface area contributed by atoms with Gasteiger partial charge in [0.05, 0.1) is 0 Å². The number of allylic oxidation sites excluding steroid dienone is 4. The molecule has 0 amide bonds. The summed E-state index contributed by atoms with van der Waals surface area (Å²) < 4.78 is 15.0. The molecule has 1 aliphatic rings. The highest BCUT2D eigenvalue weighted by Gasteiger charge is 2.08. The van der Waals surface area contributed by atoms with Crippen LogP contribution in [-0.4, -0.2) is 25.2 Å². The van der Waals surface area contributed by atoms with Crippen molar-refractivity contribution in [2.24, 2.45) is 0 Å². The van der Waals surface area contributed by atoms with E-state index in [1.54, 1.807) is 24.3 Å². The Balaban J connectivity index is 2.51. The van der Waals surface area contributed by atoms with Crippen LogP contribution < -0.4 is 0 Å². The van der Waals surface area contributed by atoms with E-state index in [1.165, 1.54) is 13.8 Å². The molecule has 0 saturated carbocycles. The molecule has 1 rings (SSSR count). The van der Waals surface area contributed by atoms with Crippen LogP contribution in [0.3, 0.4) is 0 Å². The molecular weight excluding hydrogens is 224 g/mol. The number of carbonyl (C=O) groups excluding carboxylic acids is 2. The average molecular weight is 238 g/mol. The van der Waals surface area contributed by atoms with Crippen LogP contribution in [0.5, 0.6) is 0 Å². The number of hydrogen-bond acceptors (Lipinski definition) is 5. The maximum atomic E-state index is 10.7. The first-order chi connectivity index (χ1) is 8.08. The molecule has 0 saturated heterocycles. The van der Waals surface area contributed by atoms with Crippen LogP contribution >= 0.6 is 0 Å². The van der Waals surface area contributed by atoms with Gasteiger partial charge in [0.1, 0.15) is 24.7 Å². The first kappa shape index (κ1) is 13.0. The van der Waals surface area contributed by atoms with E-state index in [-0.39, 0.29) is 25.2 Å². The summed E-state index contributed by atoms with van der Waals surface area (Å²) in [7, 11) is 0. The molecule has 0 aliphatic carbocycles. The van der Waals surface area contributed by atoms with Gasteiger partial charge in [-0.3, -0.25) is 9.59 Å². The fraction of sp³-hybridized carbons (Fsp3) is 0.333. The highest BCUT2D eigenvalue weighted by Crippen LogP contribution is 2.12. The monoisotopic (exact) mass is 238 g/mol. The van der Waals surface area contributed by atoms with Gasteiger partial charge in [-0.2, -0.15) is 0 Å². The predicted molar refractivity (Wildman–Crippen MR) is 59.7 cm³/mol. The number of ether oxygens (including phenoxy) is 3. The van der Waals surface area contributed by atoms with Crippen LogP contribution in [0.2, 0.25) is 0 Å². The van der Waals surface area contributed by atoms with Crippen LogP contribution in [0.1, 0.15) is 13.8 Å². The van der Waals surface area contributed by atoms with Crippen molar-refractivity contribution in [1.82, 2.24) is 0 Å². The summed E-state index contributed by atoms with van der Waals surface area (Å²) in [6, 6.07) is 0. The lowest BCUT2D eigenvalue weighted by atomic mass is 10.4. The molecule has 0 fully saturated rings. The van der Waals surface area contributed by atoms with E-state index in [2.05, 4.69) is 0 Å². The first-order valence-electron chi connectivity index (χ1n) is 5.09. The van der Waals surface area contributed by atoms with E-state index in [9.17, 15) is 9.59 Å². The zero-order valence-electron chi connectivity index (χ0n) is 9.76. The van der Waals surface area contributed by atoms with Crippen molar-refractivity contribution in [3.05, 3.63) is 35.8 Å². The van der Waals surface area contributed by atoms with Gasteiger partial charge in [-0.15, -0.1) is 0 Å². The highest BCUT2D eigenvalue weighted by molar-refractivity contribution is 5.66. The third kappa shape index (κ3) is 5.55. The van der Waals surface area contributed by atoms with Crippen LogP contribution in [0.25, 0.3) is 0 Å². The zero-order valence-corrected chi connectivity index (χ0v) is 9.76. The average Bonchev–Trinajstić information content (AvgIpc) is 2.48. The normalized spacial score (nSPS) is 14.0. The minimum atomic E-state index is -0.381. The van der Waals surface area contributed by atoms with Crippen LogP contribution in [-0.2, 0) is 23.8 Å². The Morgan fingerprint density at radius 1 is 1.00 bits per heavy atom. The summed E-state index contributed by atoms with van der Waals surface area (Å²) >= 11 is 0. The van der Waals surface area contributed by atoms with Crippen LogP contribution in [0.15, 0.2) is 35.8 Å². The minimum absolute atomic E-state index is 0.0527. The van der Waals surface area contributed by atoms with E-state index in [0.717, 1.165) is 0 Å². The summed E-state index contributed by atoms with van der Waals surface area (Å²) in [6.07, 6.45) is 6.86. The fourth-order valence-corrected chi connectivity index (χ4v) is 1.06. The molecule has 0 unspecified atom stereocenters. The maximum Gasteiger partial charge on any atom is 0.303 e. The van der Waals surface area contributed by atoms with Crippen molar-refractivity contribution < 1.29 is 23.8 Å². The fourth-order valence-electron chi connectivity index (χ4n) is 1.06. The Kier molecular flexibility index (Phi) is 5.00. The zero-order chi connectivity index (χ0) is 12.7. The minimum Gasteiger partial charge on any atom is -0.459 e. The van der Waals surface area contributed by atoms with Crippen molar-refractivity contribution in [3.8, 4) is 0 Å². The largest absolute Gasteiger partial charge is 0.459 e. The Morgan fingerprint density at radius 2 is 1.41 bits per heavy atom. The van der Waals surface area contributed by atoms with Crippen molar-refractivity contribution in [2.45, 2.75) is 13.8 Å². The maximum absolute atomic E-state index is 10.7. The van der Waals surface area contributed by atoms with E-state index >= 15 is 0 Å². The Labute approximate surface area is 99.3 Å². The van der Waals surface area contributed by atoms with Crippen LogP contribution in [0, 0.1) is 0 Å². The standard InChI is InChI=1S/C12H14O5/c1-9(13)15-7-11-5-3-4-6-12(17-11)8-16-10(2)14/h3-6H,7-8H2,1-2H3. The molecule has 0 bridgehead atoms. The van der Waals surface area contributed by atoms with E-state index < -0.39 is 0 Å². The first-order valence-corrected chi connectivity index (χ1v) is 5.09. The van der Waals surface area contributed by atoms with E-state index in [0.29, 0.717) is 11.5 Å². The molecule has 0 aromatic carbocycles. The van der Waals surface area contributed by atoms with Crippen molar-refractivity contribution >= 4 is 11.9 Å². The lowest BCUT2D eigenvalue weighted by Crippen LogP contribution is -2.09. The number of esters is 2. The topological polar surface area (TPSA) is 61.8 Å². The van der Waals surface area contributed by atoms with Gasteiger partial charge in [0, 0.05) is 13.8 Å². The van der Waals surface area contributed by atoms with Crippen LogP contribution in [0.4, 0.5) is 0 Å². The van der Waals surface area contributed by atoms with Gasteiger partial charge in [0.15, 0.2) is 0 Å². The predicted octanol–water partition coefficient (Wildman–Crippen LogP) is 1.47. The summed E-state index contributed by atoms with van der Waals surface area (Å²) in [5.41, 5.74) is 0. The number of hydrogen-bond donors (Lipinski definition) is 0. The molecule has 0 spiro atoms. The lowest BCUT2D eigenvalue weighted by molar-refractivity contribution is -0.140. The smallest absolute Gasteiger partial charge is 0.303 e. The molecule has 0 aromatic rings. The molecule has 92 valence electrons. The second kappa shape index (κ2) is 6.52. The van der Waals surface area contributed by atoms with Gasteiger partial charge in [0.25, 0.3) is 0 Å². The number of carbonyl (C=O) groups is 2. The summed E-state index contributed by atoms with van der Waals surface area (Å²) in [4.78, 5) is 21.3. The summed E-state index contributed by atoms with van der Waals surface area (Å²) in [5, 5.41) is 0. The van der Waals surface area contributed by atoms with Gasteiger partial charge < -0.3 is 14.2 Å². The Morgan fingerprint density at radius 3 is 1.76 bits per heavy atom. The van der Waals surface area contributed by atoms with Gasteiger partial charge in [-0.1, -0.05) is 12.2 Å².